The molecule has 15 heteroatoms. The molecule has 0 aliphatic carbocycles. The van der Waals surface area contributed by atoms with Gasteiger partial charge in [0.2, 0.25) is 0 Å². The molecule has 15 heavy (non-hydrogen) atoms. The number of rotatable bonds is 1. The Morgan fingerprint density at radius 2 is 0.733 bits per heavy atom. The molecular weight excluding hydrogens is 299 g/mol. The Bertz CT molecular complexity index is 249. The van der Waals surface area contributed by atoms with E-state index in [1.165, 1.54) is 0 Å². The SMILES string of the molecule is O=P(O)(O)P(=O)(O)O.O=P([O-])([O-])O.[Na+].[Na+]. The third kappa shape index (κ3) is 26.2. The van der Waals surface area contributed by atoms with Gasteiger partial charge >= 0.3 is 73.7 Å². The molecule has 0 atom stereocenters. The summed E-state index contributed by atoms with van der Waals surface area (Å²) in [7, 11) is -15.5. The monoisotopic (exact) mass is 304 g/mol. The topological polar surface area (TPSA) is 198 Å². The van der Waals surface area contributed by atoms with Crippen LogP contribution in [0.5, 0.6) is 0 Å². The normalized spacial score (nSPS) is 11.4. The van der Waals surface area contributed by atoms with Gasteiger partial charge in [-0.05, 0) is 0 Å². The van der Waals surface area contributed by atoms with E-state index in [-0.39, 0.29) is 59.1 Å². The molecule has 0 unspecified atom stereocenters. The molecule has 5 N–H and O–H groups in total. The Morgan fingerprint density at radius 1 is 0.667 bits per heavy atom. The number of hydrogen-bond donors (Lipinski definition) is 5. The van der Waals surface area contributed by atoms with Gasteiger partial charge in [-0.15, -0.1) is 0 Å². The average Bonchev–Trinajstić information content (AvgIpc) is 1.50. The van der Waals surface area contributed by atoms with E-state index in [4.69, 9.17) is 38.8 Å². The molecule has 10 nitrogen and oxygen atoms in total. The summed E-state index contributed by atoms with van der Waals surface area (Å²) in [4.78, 5) is 55.1. The van der Waals surface area contributed by atoms with E-state index < -0.39 is 22.4 Å². The molecule has 0 saturated carbocycles. The quantitative estimate of drug-likeness (QED) is 0.229. The van der Waals surface area contributed by atoms with E-state index in [2.05, 4.69) is 0 Å². The molecular formula is H5Na2O10P3. The van der Waals surface area contributed by atoms with Crippen molar-refractivity contribution in [2.75, 3.05) is 0 Å². The van der Waals surface area contributed by atoms with Crippen LogP contribution in [0.25, 0.3) is 0 Å². The van der Waals surface area contributed by atoms with E-state index in [9.17, 15) is 9.13 Å². The van der Waals surface area contributed by atoms with Crippen LogP contribution in [0.2, 0.25) is 0 Å². The molecule has 0 amide bonds. The summed E-state index contributed by atoms with van der Waals surface area (Å²) in [5.41, 5.74) is 0. The molecule has 0 aliphatic rings. The molecule has 0 rings (SSSR count). The van der Waals surface area contributed by atoms with Crippen LogP contribution in [0.15, 0.2) is 0 Å². The minimum absolute atomic E-state index is 0. The number of phosphoric acid groups is 1. The average molecular weight is 304 g/mol. The van der Waals surface area contributed by atoms with Crippen molar-refractivity contribution < 1.29 is 107 Å². The first-order valence-electron chi connectivity index (χ1n) is 2.11. The van der Waals surface area contributed by atoms with Crippen LogP contribution in [-0.4, -0.2) is 24.5 Å². The van der Waals surface area contributed by atoms with Crippen LogP contribution in [0.1, 0.15) is 0 Å². The van der Waals surface area contributed by atoms with E-state index in [1.807, 2.05) is 0 Å². The summed E-state index contributed by atoms with van der Waals surface area (Å²) in [5, 5.41) is 0. The van der Waals surface area contributed by atoms with Crippen LogP contribution in [0, 0.1) is 0 Å². The maximum Gasteiger partial charge on any atom is 1.00 e. The summed E-state index contributed by atoms with van der Waals surface area (Å²) in [6.45, 7) is 0. The van der Waals surface area contributed by atoms with Crippen molar-refractivity contribution in [1.29, 1.82) is 0 Å². The molecule has 82 valence electrons. The van der Waals surface area contributed by atoms with E-state index in [0.29, 0.717) is 0 Å². The summed E-state index contributed by atoms with van der Waals surface area (Å²) in [6, 6.07) is 0. The molecule has 0 aromatic carbocycles. The maximum absolute atomic E-state index is 9.58. The first kappa shape index (κ1) is 26.1. The van der Waals surface area contributed by atoms with E-state index >= 15 is 0 Å². The van der Waals surface area contributed by atoms with Gasteiger partial charge in [-0.3, -0.25) is 0 Å². The second-order valence-electron chi connectivity index (χ2n) is 1.50. The summed E-state index contributed by atoms with van der Waals surface area (Å²) < 4.78 is 27.8. The van der Waals surface area contributed by atoms with Gasteiger partial charge in [0.15, 0.2) is 0 Å². The van der Waals surface area contributed by atoms with Crippen LogP contribution in [0.3, 0.4) is 0 Å². The Balaban J connectivity index is -0.0000000770. The zero-order valence-electron chi connectivity index (χ0n) is 7.62. The molecule has 0 bridgehead atoms. The van der Waals surface area contributed by atoms with Crippen LogP contribution < -0.4 is 68.9 Å². The molecule has 0 fully saturated rings. The molecule has 0 aromatic rings. The van der Waals surface area contributed by atoms with Crippen molar-refractivity contribution in [3.63, 3.8) is 0 Å². The van der Waals surface area contributed by atoms with Crippen molar-refractivity contribution in [3.05, 3.63) is 0 Å². The van der Waals surface area contributed by atoms with Gasteiger partial charge in [0.05, 0.1) is 7.82 Å². The molecule has 0 heterocycles. The Kier molecular flexibility index (Phi) is 16.3. The van der Waals surface area contributed by atoms with Gasteiger partial charge in [-0.25, -0.2) is 9.13 Å². The predicted octanol–water partition coefficient (Wildman–Crippen LogP) is -8.93. The van der Waals surface area contributed by atoms with Crippen LogP contribution in [-0.2, 0) is 13.7 Å². The van der Waals surface area contributed by atoms with Gasteiger partial charge in [0.1, 0.15) is 0 Å². The summed E-state index contributed by atoms with van der Waals surface area (Å²) in [5.74, 6) is 0. The van der Waals surface area contributed by atoms with Gasteiger partial charge in [-0.2, -0.15) is 0 Å². The molecule has 0 radical (unpaired) electrons. The predicted molar refractivity (Wildman–Crippen MR) is 33.9 cm³/mol. The third-order valence-corrected chi connectivity index (χ3v) is 3.05. The van der Waals surface area contributed by atoms with Crippen molar-refractivity contribution >= 4 is 22.4 Å². The fourth-order valence-electron chi connectivity index (χ4n) is 0. The standard InChI is InChI=1S/2Na.H4O6P2.H3O4P/c;;1-7(2,3)8(4,5)6;1-5(2,3)4/h;;(H2,1,2,3)(H2,4,5,6);(H3,1,2,3,4)/q2*+1;;/p-2. The van der Waals surface area contributed by atoms with Gasteiger partial charge in [-0.1, -0.05) is 0 Å². The summed E-state index contributed by atoms with van der Waals surface area (Å²) in [6.07, 6.45) is 0. The first-order chi connectivity index (χ1) is 5.25. The van der Waals surface area contributed by atoms with Crippen LogP contribution in [0.4, 0.5) is 0 Å². The second-order valence-corrected chi connectivity index (χ2v) is 7.61. The number of hydrogen-bond acceptors (Lipinski definition) is 5. The Hall–Kier alpha value is 2.41. The van der Waals surface area contributed by atoms with Gasteiger partial charge in [0.25, 0.3) is 0 Å². The first-order valence-corrected chi connectivity index (χ1v) is 7.54. The maximum atomic E-state index is 9.58. The largest absolute Gasteiger partial charge is 1.00 e. The van der Waals surface area contributed by atoms with Crippen molar-refractivity contribution in [1.82, 2.24) is 0 Å². The molecule has 0 aromatic heterocycles. The zero-order valence-corrected chi connectivity index (χ0v) is 14.3. The molecule has 0 aliphatic heterocycles. The van der Waals surface area contributed by atoms with Crippen molar-refractivity contribution in [2.24, 2.45) is 0 Å². The minimum atomic E-state index is -5.18. The second kappa shape index (κ2) is 9.35. The summed E-state index contributed by atoms with van der Waals surface area (Å²) >= 11 is 0. The fraction of sp³-hybridized carbons (Fsp3) is 0. The van der Waals surface area contributed by atoms with Gasteiger partial charge in [0, 0.05) is 0 Å². The Labute approximate surface area is 128 Å². The third-order valence-electron chi connectivity index (χ3n) is 0.339. The van der Waals surface area contributed by atoms with E-state index in [0.717, 1.165) is 0 Å². The van der Waals surface area contributed by atoms with Crippen molar-refractivity contribution in [3.8, 4) is 0 Å². The zero-order chi connectivity index (χ0) is 11.5. The molecule has 0 saturated heterocycles. The van der Waals surface area contributed by atoms with E-state index in [1.54, 1.807) is 0 Å². The molecule has 0 spiro atoms. The van der Waals surface area contributed by atoms with Gasteiger partial charge < -0.3 is 38.8 Å². The smallest absolute Gasteiger partial charge is 0.790 e. The Morgan fingerprint density at radius 3 is 0.733 bits per heavy atom. The van der Waals surface area contributed by atoms with Crippen molar-refractivity contribution in [2.45, 2.75) is 0 Å². The minimum Gasteiger partial charge on any atom is -0.790 e. The fourth-order valence-corrected chi connectivity index (χ4v) is 0. The van der Waals surface area contributed by atoms with Crippen LogP contribution >= 0.6 is 22.4 Å².